The van der Waals surface area contributed by atoms with E-state index in [1.54, 1.807) is 4.90 Å². The van der Waals surface area contributed by atoms with Crippen molar-refractivity contribution in [3.8, 4) is 0 Å². The minimum atomic E-state index is -0.994. The summed E-state index contributed by atoms with van der Waals surface area (Å²) in [5.41, 5.74) is 0.205. The van der Waals surface area contributed by atoms with Crippen LogP contribution >= 0.6 is 22.6 Å². The Hall–Kier alpha value is -0.720. The van der Waals surface area contributed by atoms with Gasteiger partial charge in [-0.25, -0.2) is 8.78 Å². The number of carbonyl (C=O) groups excluding carboxylic acids is 1. The normalized spacial score (nSPS) is 11.2. The van der Waals surface area contributed by atoms with E-state index in [9.17, 15) is 13.6 Å². The molecule has 100 valence electrons. The van der Waals surface area contributed by atoms with Crippen LogP contribution < -0.4 is 0 Å². The smallest absolute Gasteiger partial charge is 0.255 e. The van der Waals surface area contributed by atoms with Crippen LogP contribution in [-0.4, -0.2) is 22.9 Å². The molecule has 0 spiro atoms. The van der Waals surface area contributed by atoms with Crippen molar-refractivity contribution < 1.29 is 13.6 Å². The highest BCUT2D eigenvalue weighted by Crippen LogP contribution is 2.21. The lowest BCUT2D eigenvalue weighted by atomic mass is 10.1. The third kappa shape index (κ3) is 3.18. The van der Waals surface area contributed by atoms with Crippen LogP contribution in [0.25, 0.3) is 0 Å². The molecule has 0 radical (unpaired) electrons. The van der Waals surface area contributed by atoms with Crippen molar-refractivity contribution in [3.63, 3.8) is 0 Å². The van der Waals surface area contributed by atoms with E-state index < -0.39 is 11.6 Å². The van der Waals surface area contributed by atoms with Crippen LogP contribution in [-0.2, 0) is 0 Å². The molecular formula is C13H16F2INO. The van der Waals surface area contributed by atoms with Crippen LogP contribution in [0, 0.1) is 15.2 Å². The van der Waals surface area contributed by atoms with Gasteiger partial charge in [0.05, 0.1) is 5.56 Å². The fourth-order valence-corrected chi connectivity index (χ4v) is 2.55. The summed E-state index contributed by atoms with van der Waals surface area (Å²) in [5, 5.41) is 0. The highest BCUT2D eigenvalue weighted by molar-refractivity contribution is 14.1. The molecule has 18 heavy (non-hydrogen) atoms. The van der Waals surface area contributed by atoms with E-state index in [1.165, 1.54) is 0 Å². The standard InChI is InChI=1S/C13H16F2INO/c1-7(2)17(8(3)4)13(18)9-5-10(14)11(15)6-12(9)16/h5-8H,1-4H3. The number of hydrogen-bond donors (Lipinski definition) is 0. The number of nitrogens with zero attached hydrogens (tertiary/aromatic N) is 1. The molecule has 0 aromatic heterocycles. The van der Waals surface area contributed by atoms with E-state index in [0.29, 0.717) is 3.57 Å². The summed E-state index contributed by atoms with van der Waals surface area (Å²) < 4.78 is 26.7. The molecule has 1 aromatic carbocycles. The Labute approximate surface area is 120 Å². The molecule has 0 aliphatic carbocycles. The van der Waals surface area contributed by atoms with Crippen molar-refractivity contribution in [1.82, 2.24) is 4.90 Å². The second-order valence-corrected chi connectivity index (χ2v) is 5.81. The average molecular weight is 367 g/mol. The van der Waals surface area contributed by atoms with Gasteiger partial charge >= 0.3 is 0 Å². The van der Waals surface area contributed by atoms with Gasteiger partial charge in [-0.1, -0.05) is 0 Å². The molecule has 0 atom stereocenters. The molecule has 0 aliphatic rings. The number of benzene rings is 1. The van der Waals surface area contributed by atoms with E-state index in [2.05, 4.69) is 0 Å². The monoisotopic (exact) mass is 367 g/mol. The van der Waals surface area contributed by atoms with Gasteiger partial charge in [0, 0.05) is 15.7 Å². The van der Waals surface area contributed by atoms with Crippen molar-refractivity contribution in [2.24, 2.45) is 0 Å². The van der Waals surface area contributed by atoms with Crippen LogP contribution in [0.15, 0.2) is 12.1 Å². The lowest BCUT2D eigenvalue weighted by Crippen LogP contribution is -2.42. The van der Waals surface area contributed by atoms with E-state index in [0.717, 1.165) is 12.1 Å². The second-order valence-electron chi connectivity index (χ2n) is 4.65. The summed E-state index contributed by atoms with van der Waals surface area (Å²) in [5.74, 6) is -2.20. The molecule has 2 nitrogen and oxygen atoms in total. The number of rotatable bonds is 3. The summed E-state index contributed by atoms with van der Waals surface area (Å²) in [7, 11) is 0. The Bertz CT molecular complexity index is 453. The Morgan fingerprint density at radius 1 is 1.11 bits per heavy atom. The molecule has 0 saturated carbocycles. The van der Waals surface area contributed by atoms with Gasteiger partial charge in [-0.15, -0.1) is 0 Å². The first-order valence-electron chi connectivity index (χ1n) is 5.73. The van der Waals surface area contributed by atoms with Crippen LogP contribution in [0.3, 0.4) is 0 Å². The van der Waals surface area contributed by atoms with Gasteiger partial charge in [-0.2, -0.15) is 0 Å². The Morgan fingerprint density at radius 3 is 2.00 bits per heavy atom. The third-order valence-corrected chi connectivity index (χ3v) is 3.48. The van der Waals surface area contributed by atoms with Crippen molar-refractivity contribution >= 4 is 28.5 Å². The first-order chi connectivity index (χ1) is 8.25. The van der Waals surface area contributed by atoms with Gasteiger partial charge in [-0.05, 0) is 62.4 Å². The molecule has 0 fully saturated rings. The maximum Gasteiger partial charge on any atom is 0.255 e. The van der Waals surface area contributed by atoms with Crippen LogP contribution in [0.4, 0.5) is 8.78 Å². The minimum absolute atomic E-state index is 0.00131. The fraction of sp³-hybridized carbons (Fsp3) is 0.462. The predicted molar refractivity (Wildman–Crippen MR) is 75.5 cm³/mol. The lowest BCUT2D eigenvalue weighted by molar-refractivity contribution is 0.0642. The molecular weight excluding hydrogens is 351 g/mol. The first kappa shape index (κ1) is 15.3. The zero-order chi connectivity index (χ0) is 14.0. The summed E-state index contributed by atoms with van der Waals surface area (Å²) in [6.45, 7) is 7.57. The van der Waals surface area contributed by atoms with Gasteiger partial charge in [0.25, 0.3) is 5.91 Å². The van der Waals surface area contributed by atoms with Crippen molar-refractivity contribution in [2.75, 3.05) is 0 Å². The quantitative estimate of drug-likeness (QED) is 0.588. The zero-order valence-electron chi connectivity index (χ0n) is 10.8. The number of carbonyl (C=O) groups is 1. The zero-order valence-corrected chi connectivity index (χ0v) is 13.0. The number of halogens is 3. The highest BCUT2D eigenvalue weighted by atomic mass is 127. The Morgan fingerprint density at radius 2 is 1.56 bits per heavy atom. The topological polar surface area (TPSA) is 20.3 Å². The molecule has 1 amide bonds. The van der Waals surface area contributed by atoms with Crippen molar-refractivity contribution in [3.05, 3.63) is 32.9 Å². The SMILES string of the molecule is CC(C)N(C(=O)c1cc(F)c(F)cc1I)C(C)C. The molecule has 1 rings (SSSR count). The van der Waals surface area contributed by atoms with Crippen LogP contribution in [0.5, 0.6) is 0 Å². The van der Waals surface area contributed by atoms with Gasteiger partial charge in [0.1, 0.15) is 0 Å². The largest absolute Gasteiger partial charge is 0.334 e. The summed E-state index contributed by atoms with van der Waals surface area (Å²) in [6, 6.07) is 2.02. The summed E-state index contributed by atoms with van der Waals surface area (Å²) in [6.07, 6.45) is 0. The molecule has 0 bridgehead atoms. The molecule has 0 N–H and O–H groups in total. The second kappa shape index (κ2) is 5.95. The fourth-order valence-electron chi connectivity index (χ4n) is 1.89. The van der Waals surface area contributed by atoms with E-state index in [4.69, 9.17) is 0 Å². The lowest BCUT2D eigenvalue weighted by Gasteiger charge is -2.31. The highest BCUT2D eigenvalue weighted by Gasteiger charge is 2.24. The van der Waals surface area contributed by atoms with Gasteiger partial charge in [0.2, 0.25) is 0 Å². The minimum Gasteiger partial charge on any atom is -0.334 e. The molecule has 0 heterocycles. The third-order valence-electron chi connectivity index (χ3n) is 2.59. The van der Waals surface area contributed by atoms with Gasteiger partial charge in [0.15, 0.2) is 11.6 Å². The maximum atomic E-state index is 13.2. The van der Waals surface area contributed by atoms with Crippen LogP contribution in [0.1, 0.15) is 38.1 Å². The van der Waals surface area contributed by atoms with E-state index >= 15 is 0 Å². The Balaban J connectivity index is 3.21. The number of amides is 1. The summed E-state index contributed by atoms with van der Waals surface area (Å²) in [4.78, 5) is 14.0. The van der Waals surface area contributed by atoms with Crippen molar-refractivity contribution in [1.29, 1.82) is 0 Å². The molecule has 0 unspecified atom stereocenters. The van der Waals surface area contributed by atoms with Gasteiger partial charge < -0.3 is 4.90 Å². The van der Waals surface area contributed by atoms with Crippen LogP contribution in [0.2, 0.25) is 0 Å². The molecule has 1 aromatic rings. The van der Waals surface area contributed by atoms with E-state index in [-0.39, 0.29) is 23.6 Å². The predicted octanol–water partition coefficient (Wildman–Crippen LogP) is 3.83. The molecule has 5 heteroatoms. The van der Waals surface area contributed by atoms with Gasteiger partial charge in [-0.3, -0.25) is 4.79 Å². The average Bonchev–Trinajstić information content (AvgIpc) is 2.22. The first-order valence-corrected chi connectivity index (χ1v) is 6.80. The Kier molecular flexibility index (Phi) is 5.07. The summed E-state index contributed by atoms with van der Waals surface area (Å²) >= 11 is 1.84. The maximum absolute atomic E-state index is 13.2. The molecule has 0 aliphatic heterocycles. The number of hydrogen-bond acceptors (Lipinski definition) is 1. The molecule has 0 saturated heterocycles. The van der Waals surface area contributed by atoms with E-state index in [1.807, 2.05) is 50.3 Å². The van der Waals surface area contributed by atoms with Crippen molar-refractivity contribution in [2.45, 2.75) is 39.8 Å².